The molecule has 0 amide bonds. The summed E-state index contributed by atoms with van der Waals surface area (Å²) in [6.45, 7) is 5.46. The normalized spacial score (nSPS) is 12.2. The van der Waals surface area contributed by atoms with E-state index in [1.807, 2.05) is 0 Å². The zero-order valence-corrected chi connectivity index (χ0v) is 13.0. The molecule has 0 fully saturated rings. The summed E-state index contributed by atoms with van der Waals surface area (Å²) in [4.78, 5) is 0. The molecular weight excluding hydrogens is 254 g/mol. The molecule has 0 heterocycles. The van der Waals surface area contributed by atoms with E-state index in [2.05, 4.69) is 11.1 Å². The Labute approximate surface area is 112 Å². The van der Waals surface area contributed by atoms with Gasteiger partial charge in [0.15, 0.2) is 0 Å². The Morgan fingerprint density at radius 3 is 1.89 bits per heavy atom. The molecule has 0 saturated heterocycles. The van der Waals surface area contributed by atoms with Crippen molar-refractivity contribution in [3.8, 4) is 0 Å². The Morgan fingerprint density at radius 2 is 1.44 bits per heavy atom. The van der Waals surface area contributed by atoms with Crippen molar-refractivity contribution in [2.24, 2.45) is 0 Å². The summed E-state index contributed by atoms with van der Waals surface area (Å²) in [6.07, 6.45) is 8.75. The predicted molar refractivity (Wildman–Crippen MR) is 73.5 cm³/mol. The van der Waals surface area contributed by atoms with E-state index in [0.29, 0.717) is 6.42 Å². The molecule has 0 aromatic carbocycles. The van der Waals surface area contributed by atoms with Gasteiger partial charge in [0.25, 0.3) is 0 Å². The monoisotopic (exact) mass is 283 g/mol. The SMILES string of the molecule is CCCCCCCCCC(C)(C)OS(=O)(=O)[O-].[NH4+]. The number of hydrogen-bond acceptors (Lipinski definition) is 4. The molecule has 18 heavy (non-hydrogen) atoms. The first-order valence-corrected chi connectivity index (χ1v) is 7.76. The van der Waals surface area contributed by atoms with Gasteiger partial charge in [-0.3, -0.25) is 4.18 Å². The minimum absolute atomic E-state index is 0. The van der Waals surface area contributed by atoms with Crippen LogP contribution in [0.4, 0.5) is 0 Å². The van der Waals surface area contributed by atoms with Gasteiger partial charge in [-0.2, -0.15) is 0 Å². The van der Waals surface area contributed by atoms with Crippen molar-refractivity contribution in [2.75, 3.05) is 0 Å². The van der Waals surface area contributed by atoms with E-state index >= 15 is 0 Å². The Hall–Kier alpha value is -0.170. The summed E-state index contributed by atoms with van der Waals surface area (Å²) in [5.41, 5.74) is -0.871. The molecular formula is C12H29NO4S. The predicted octanol–water partition coefficient (Wildman–Crippen LogP) is 3.76. The minimum Gasteiger partial charge on any atom is -0.726 e. The molecule has 112 valence electrons. The second kappa shape index (κ2) is 9.72. The van der Waals surface area contributed by atoms with E-state index in [9.17, 15) is 13.0 Å². The van der Waals surface area contributed by atoms with Gasteiger partial charge in [-0.05, 0) is 20.3 Å². The highest BCUT2D eigenvalue weighted by Crippen LogP contribution is 2.21. The van der Waals surface area contributed by atoms with Gasteiger partial charge in [0, 0.05) is 0 Å². The van der Waals surface area contributed by atoms with E-state index < -0.39 is 16.0 Å². The van der Waals surface area contributed by atoms with Gasteiger partial charge in [0.1, 0.15) is 0 Å². The summed E-state index contributed by atoms with van der Waals surface area (Å²) in [5.74, 6) is 0. The third-order valence-corrected chi connectivity index (χ3v) is 3.37. The van der Waals surface area contributed by atoms with Crippen molar-refractivity contribution in [1.29, 1.82) is 0 Å². The molecule has 6 heteroatoms. The van der Waals surface area contributed by atoms with Crippen LogP contribution in [-0.4, -0.2) is 18.6 Å². The lowest BCUT2D eigenvalue weighted by Gasteiger charge is -2.26. The second-order valence-electron chi connectivity index (χ2n) is 5.12. The maximum absolute atomic E-state index is 10.5. The van der Waals surface area contributed by atoms with Crippen LogP contribution in [0.25, 0.3) is 0 Å². The lowest BCUT2D eigenvalue weighted by Crippen LogP contribution is -2.27. The molecule has 0 atom stereocenters. The summed E-state index contributed by atoms with van der Waals surface area (Å²) in [6, 6.07) is 0. The quantitative estimate of drug-likeness (QED) is 0.374. The molecule has 4 N–H and O–H groups in total. The third kappa shape index (κ3) is 13.9. The van der Waals surface area contributed by atoms with Crippen molar-refractivity contribution in [2.45, 2.75) is 77.7 Å². The molecule has 0 aliphatic carbocycles. The van der Waals surface area contributed by atoms with Crippen LogP contribution >= 0.6 is 0 Å². The fourth-order valence-corrected chi connectivity index (χ4v) is 2.46. The van der Waals surface area contributed by atoms with Gasteiger partial charge >= 0.3 is 0 Å². The highest BCUT2D eigenvalue weighted by Gasteiger charge is 2.21. The van der Waals surface area contributed by atoms with Crippen molar-refractivity contribution in [1.82, 2.24) is 6.15 Å². The zero-order chi connectivity index (χ0) is 13.4. The summed E-state index contributed by atoms with van der Waals surface area (Å²) in [5, 5.41) is 0. The second-order valence-corrected chi connectivity index (χ2v) is 6.11. The van der Waals surface area contributed by atoms with Gasteiger partial charge < -0.3 is 10.7 Å². The van der Waals surface area contributed by atoms with Crippen LogP contribution in [0.15, 0.2) is 0 Å². The van der Waals surface area contributed by atoms with Gasteiger partial charge in [-0.1, -0.05) is 51.9 Å². The Kier molecular flexibility index (Phi) is 10.9. The highest BCUT2D eigenvalue weighted by atomic mass is 32.3. The number of unbranched alkanes of at least 4 members (excludes halogenated alkanes) is 6. The molecule has 0 saturated carbocycles. The molecule has 0 rings (SSSR count). The number of rotatable bonds is 10. The smallest absolute Gasteiger partial charge is 0.218 e. The Balaban J connectivity index is 0. The lowest BCUT2D eigenvalue weighted by molar-refractivity contribution is 0.0857. The maximum Gasteiger partial charge on any atom is 0.218 e. The van der Waals surface area contributed by atoms with Crippen LogP contribution in [0.2, 0.25) is 0 Å². The molecule has 5 nitrogen and oxygen atoms in total. The van der Waals surface area contributed by atoms with E-state index in [1.54, 1.807) is 13.8 Å². The van der Waals surface area contributed by atoms with Gasteiger partial charge in [-0.15, -0.1) is 0 Å². The van der Waals surface area contributed by atoms with Gasteiger partial charge in [-0.25, -0.2) is 8.42 Å². The molecule has 0 bridgehead atoms. The van der Waals surface area contributed by atoms with E-state index in [4.69, 9.17) is 0 Å². The first-order chi connectivity index (χ1) is 7.77. The van der Waals surface area contributed by atoms with Gasteiger partial charge in [0.05, 0.1) is 5.60 Å². The third-order valence-electron chi connectivity index (χ3n) is 2.71. The van der Waals surface area contributed by atoms with E-state index in [-0.39, 0.29) is 6.15 Å². The zero-order valence-electron chi connectivity index (χ0n) is 12.2. The Morgan fingerprint density at radius 1 is 1.00 bits per heavy atom. The van der Waals surface area contributed by atoms with Crippen molar-refractivity contribution in [3.63, 3.8) is 0 Å². The van der Waals surface area contributed by atoms with Crippen molar-refractivity contribution < 1.29 is 17.2 Å². The first kappa shape index (κ1) is 20.2. The van der Waals surface area contributed by atoms with E-state index in [1.165, 1.54) is 32.1 Å². The van der Waals surface area contributed by atoms with Crippen LogP contribution in [0, 0.1) is 0 Å². The number of quaternary nitrogens is 1. The van der Waals surface area contributed by atoms with Crippen LogP contribution < -0.4 is 6.15 Å². The summed E-state index contributed by atoms with van der Waals surface area (Å²) < 4.78 is 35.9. The average Bonchev–Trinajstić information content (AvgIpc) is 2.12. The Bertz CT molecular complexity index is 288. The van der Waals surface area contributed by atoms with Crippen LogP contribution in [-0.2, 0) is 14.6 Å². The van der Waals surface area contributed by atoms with E-state index in [0.717, 1.165) is 12.8 Å². The first-order valence-electron chi connectivity index (χ1n) is 6.43. The molecule has 0 radical (unpaired) electrons. The topological polar surface area (TPSA) is 103 Å². The molecule has 0 aromatic heterocycles. The molecule has 0 aliphatic heterocycles. The van der Waals surface area contributed by atoms with Crippen LogP contribution in [0.3, 0.4) is 0 Å². The molecule has 0 aromatic rings. The van der Waals surface area contributed by atoms with Crippen LogP contribution in [0.1, 0.15) is 72.1 Å². The van der Waals surface area contributed by atoms with Crippen molar-refractivity contribution in [3.05, 3.63) is 0 Å². The fraction of sp³-hybridized carbons (Fsp3) is 1.00. The number of hydrogen-bond donors (Lipinski definition) is 1. The fourth-order valence-electron chi connectivity index (χ4n) is 1.83. The maximum atomic E-state index is 10.5. The minimum atomic E-state index is -4.59. The standard InChI is InChI=1S/C12H26O4S.H3N/c1-4-5-6-7-8-9-10-11-12(2,3)16-17(13,14)15;/h4-11H2,1-3H3,(H,13,14,15);1H3. The summed E-state index contributed by atoms with van der Waals surface area (Å²) in [7, 11) is -4.59. The van der Waals surface area contributed by atoms with Crippen molar-refractivity contribution >= 4 is 10.4 Å². The summed E-state index contributed by atoms with van der Waals surface area (Å²) >= 11 is 0. The molecule has 0 unspecified atom stereocenters. The largest absolute Gasteiger partial charge is 0.726 e. The highest BCUT2D eigenvalue weighted by molar-refractivity contribution is 7.80. The average molecular weight is 283 g/mol. The van der Waals surface area contributed by atoms with Gasteiger partial charge in [0.2, 0.25) is 10.4 Å². The lowest BCUT2D eigenvalue weighted by atomic mass is 10.00. The van der Waals surface area contributed by atoms with Crippen LogP contribution in [0.5, 0.6) is 0 Å². The molecule has 0 spiro atoms. The molecule has 0 aliphatic rings.